The molecule has 0 saturated carbocycles. The van der Waals surface area contributed by atoms with Crippen molar-refractivity contribution in [3.63, 3.8) is 0 Å². The van der Waals surface area contributed by atoms with E-state index in [0.29, 0.717) is 23.3 Å². The van der Waals surface area contributed by atoms with Gasteiger partial charge >= 0.3 is 5.69 Å². The summed E-state index contributed by atoms with van der Waals surface area (Å²) in [5.74, 6) is -0.166. The zero-order valence-corrected chi connectivity index (χ0v) is 11.8. The van der Waals surface area contributed by atoms with E-state index in [1.54, 1.807) is 4.57 Å². The molecule has 102 valence electrons. The van der Waals surface area contributed by atoms with Crippen LogP contribution in [0.5, 0.6) is 0 Å². The first-order valence-corrected chi connectivity index (χ1v) is 6.72. The number of aryl methyl sites for hydroxylation is 1. The monoisotopic (exact) mass is 281 g/mol. The topological polar surface area (TPSA) is 67.8 Å². The van der Waals surface area contributed by atoms with Gasteiger partial charge in [-0.15, -0.1) is 0 Å². The van der Waals surface area contributed by atoms with E-state index in [9.17, 15) is 9.59 Å². The van der Waals surface area contributed by atoms with Crippen molar-refractivity contribution in [2.75, 3.05) is 0 Å². The van der Waals surface area contributed by atoms with Crippen LogP contribution in [0.2, 0.25) is 5.02 Å². The maximum atomic E-state index is 11.9. The van der Waals surface area contributed by atoms with E-state index in [4.69, 9.17) is 11.6 Å². The molecule has 2 aromatic heterocycles. The third-order valence-corrected chi connectivity index (χ3v) is 3.37. The summed E-state index contributed by atoms with van der Waals surface area (Å²) >= 11 is 6.03. The number of nitrogens with one attached hydrogen (secondary N) is 1. The first-order valence-electron chi connectivity index (χ1n) is 6.34. The lowest BCUT2D eigenvalue weighted by Crippen LogP contribution is -2.17. The average Bonchev–Trinajstić information content (AvgIpc) is 2.66. The number of carbonyl (C=O) groups is 1. The van der Waals surface area contributed by atoms with Crippen LogP contribution < -0.4 is 5.69 Å². The molecule has 0 spiro atoms. The Morgan fingerprint density at radius 2 is 2.21 bits per heavy atom. The SMILES string of the molecule is CCCCCn1c(=O)[nH]c2ncc(Cl)c(C(C)=O)c21. The Bertz CT molecular complexity index is 672. The summed E-state index contributed by atoms with van der Waals surface area (Å²) < 4.78 is 1.56. The van der Waals surface area contributed by atoms with Crippen molar-refractivity contribution in [1.29, 1.82) is 0 Å². The molecule has 0 atom stereocenters. The zero-order valence-electron chi connectivity index (χ0n) is 11.0. The van der Waals surface area contributed by atoms with Gasteiger partial charge in [0.05, 0.1) is 10.6 Å². The molecule has 19 heavy (non-hydrogen) atoms. The minimum atomic E-state index is -0.247. The van der Waals surface area contributed by atoms with Gasteiger partial charge in [-0.05, 0) is 13.3 Å². The Morgan fingerprint density at radius 1 is 1.47 bits per heavy atom. The normalized spacial score (nSPS) is 11.1. The average molecular weight is 282 g/mol. The summed E-state index contributed by atoms with van der Waals surface area (Å²) in [6, 6.07) is 0. The van der Waals surface area contributed by atoms with Gasteiger partial charge in [0, 0.05) is 12.7 Å². The number of halogens is 1. The maximum Gasteiger partial charge on any atom is 0.327 e. The van der Waals surface area contributed by atoms with Crippen LogP contribution in [-0.4, -0.2) is 20.3 Å². The highest BCUT2D eigenvalue weighted by molar-refractivity contribution is 6.35. The molecule has 0 unspecified atom stereocenters. The van der Waals surface area contributed by atoms with Gasteiger partial charge in [-0.3, -0.25) is 14.3 Å². The highest BCUT2D eigenvalue weighted by Crippen LogP contribution is 2.23. The summed E-state index contributed by atoms with van der Waals surface area (Å²) in [6.07, 6.45) is 4.37. The fraction of sp³-hybridized carbons (Fsp3) is 0.462. The molecular weight excluding hydrogens is 266 g/mol. The van der Waals surface area contributed by atoms with Gasteiger partial charge in [0.2, 0.25) is 0 Å². The number of H-pyrrole nitrogens is 1. The van der Waals surface area contributed by atoms with Gasteiger partial charge < -0.3 is 0 Å². The van der Waals surface area contributed by atoms with E-state index < -0.39 is 0 Å². The summed E-state index contributed by atoms with van der Waals surface area (Å²) in [7, 11) is 0. The maximum absolute atomic E-state index is 11.9. The van der Waals surface area contributed by atoms with E-state index in [1.165, 1.54) is 13.1 Å². The lowest BCUT2D eigenvalue weighted by molar-refractivity contribution is 0.101. The van der Waals surface area contributed by atoms with Crippen molar-refractivity contribution in [2.24, 2.45) is 0 Å². The molecule has 0 bridgehead atoms. The smallest absolute Gasteiger partial charge is 0.294 e. The number of carbonyl (C=O) groups excluding carboxylic acids is 1. The van der Waals surface area contributed by atoms with Crippen molar-refractivity contribution in [3.05, 3.63) is 27.3 Å². The number of nitrogens with zero attached hydrogens (tertiary/aromatic N) is 2. The van der Waals surface area contributed by atoms with E-state index in [0.717, 1.165) is 19.3 Å². The highest BCUT2D eigenvalue weighted by Gasteiger charge is 2.18. The van der Waals surface area contributed by atoms with Crippen LogP contribution >= 0.6 is 11.6 Å². The molecule has 0 fully saturated rings. The van der Waals surface area contributed by atoms with Crippen LogP contribution in [0.15, 0.2) is 11.0 Å². The molecule has 0 saturated heterocycles. The molecule has 5 nitrogen and oxygen atoms in total. The molecule has 2 rings (SSSR count). The molecule has 0 amide bonds. The van der Waals surface area contributed by atoms with Crippen LogP contribution in [-0.2, 0) is 6.54 Å². The number of aromatic amines is 1. The lowest BCUT2D eigenvalue weighted by atomic mass is 10.1. The first-order chi connectivity index (χ1) is 9.06. The summed E-state index contributed by atoms with van der Waals surface area (Å²) in [4.78, 5) is 30.4. The Labute approximate surface area is 115 Å². The van der Waals surface area contributed by atoms with Crippen LogP contribution in [0.1, 0.15) is 43.5 Å². The molecule has 0 radical (unpaired) electrons. The number of imidazole rings is 1. The Balaban J connectivity index is 2.62. The van der Waals surface area contributed by atoms with Gasteiger partial charge in [-0.1, -0.05) is 31.4 Å². The van der Waals surface area contributed by atoms with Gasteiger partial charge in [0.25, 0.3) is 0 Å². The molecule has 0 aliphatic rings. The number of aromatic nitrogens is 3. The highest BCUT2D eigenvalue weighted by atomic mass is 35.5. The number of Topliss-reactive ketones (excluding diaryl/α,β-unsaturated/α-hetero) is 1. The number of ketones is 1. The molecular formula is C13H16ClN3O2. The number of pyridine rings is 1. The van der Waals surface area contributed by atoms with E-state index in [1.807, 2.05) is 0 Å². The second-order valence-corrected chi connectivity index (χ2v) is 4.93. The fourth-order valence-electron chi connectivity index (χ4n) is 2.17. The molecule has 0 aliphatic carbocycles. The number of unbranched alkanes of at least 4 members (excludes halogenated alkanes) is 2. The predicted octanol–water partition coefficient (Wildman–Crippen LogP) is 2.77. The summed E-state index contributed by atoms with van der Waals surface area (Å²) in [5, 5.41) is 0.281. The molecule has 2 heterocycles. The Kier molecular flexibility index (Phi) is 4.04. The van der Waals surface area contributed by atoms with E-state index in [-0.39, 0.29) is 16.5 Å². The van der Waals surface area contributed by atoms with E-state index >= 15 is 0 Å². The van der Waals surface area contributed by atoms with Crippen molar-refractivity contribution in [2.45, 2.75) is 39.7 Å². The van der Waals surface area contributed by atoms with Gasteiger partial charge in [0.1, 0.15) is 5.52 Å². The van der Waals surface area contributed by atoms with Crippen LogP contribution in [0, 0.1) is 0 Å². The number of hydrogen-bond donors (Lipinski definition) is 1. The van der Waals surface area contributed by atoms with E-state index in [2.05, 4.69) is 16.9 Å². The molecule has 6 heteroatoms. The minimum absolute atomic E-state index is 0.166. The van der Waals surface area contributed by atoms with Crippen LogP contribution in [0.3, 0.4) is 0 Å². The molecule has 0 aromatic carbocycles. The number of fused-ring (bicyclic) bond motifs is 1. The molecule has 1 N–H and O–H groups in total. The summed E-state index contributed by atoms with van der Waals surface area (Å²) in [5.41, 5.74) is 1.04. The van der Waals surface area contributed by atoms with Crippen LogP contribution in [0.25, 0.3) is 11.2 Å². The predicted molar refractivity (Wildman–Crippen MR) is 74.9 cm³/mol. The minimum Gasteiger partial charge on any atom is -0.294 e. The second-order valence-electron chi connectivity index (χ2n) is 4.52. The van der Waals surface area contributed by atoms with Gasteiger partial charge in [-0.25, -0.2) is 9.78 Å². The van der Waals surface area contributed by atoms with Gasteiger partial charge in [0.15, 0.2) is 11.4 Å². The van der Waals surface area contributed by atoms with Crippen molar-refractivity contribution in [3.8, 4) is 0 Å². The fourth-order valence-corrected chi connectivity index (χ4v) is 2.44. The largest absolute Gasteiger partial charge is 0.327 e. The third-order valence-electron chi connectivity index (χ3n) is 3.08. The quantitative estimate of drug-likeness (QED) is 0.677. The summed E-state index contributed by atoms with van der Waals surface area (Å²) in [6.45, 7) is 4.10. The Morgan fingerprint density at radius 3 is 2.84 bits per heavy atom. The number of hydrogen-bond acceptors (Lipinski definition) is 3. The molecule has 0 aliphatic heterocycles. The lowest BCUT2D eigenvalue weighted by Gasteiger charge is -2.06. The first kappa shape index (κ1) is 13.8. The molecule has 2 aromatic rings. The number of rotatable bonds is 5. The second kappa shape index (κ2) is 5.57. The van der Waals surface area contributed by atoms with Crippen LogP contribution in [0.4, 0.5) is 0 Å². The van der Waals surface area contributed by atoms with Crippen molar-refractivity contribution in [1.82, 2.24) is 14.5 Å². The van der Waals surface area contributed by atoms with Gasteiger partial charge in [-0.2, -0.15) is 0 Å². The van der Waals surface area contributed by atoms with Crippen molar-refractivity contribution < 1.29 is 4.79 Å². The van der Waals surface area contributed by atoms with Crippen molar-refractivity contribution >= 4 is 28.5 Å². The third kappa shape index (κ3) is 2.56. The standard InChI is InChI=1S/C13H16ClN3O2/c1-3-4-5-6-17-11-10(8(2)18)9(14)7-15-12(11)16-13(17)19/h7H,3-6H2,1-2H3,(H,15,16,19). The zero-order chi connectivity index (χ0) is 14.0. The Hall–Kier alpha value is -1.62.